The molecule has 0 amide bonds. The highest BCUT2D eigenvalue weighted by Crippen LogP contribution is 2.36. The standard InChI is InChI=1S/C18H18S2/c1-11-9-13(3)19-17(11)15-5-7-16(8-6-15)18-12(2)10-14(4)20-18/h5-10H,1-4H3. The molecular weight excluding hydrogens is 280 g/mol. The number of hydrogen-bond acceptors (Lipinski definition) is 2. The summed E-state index contributed by atoms with van der Waals surface area (Å²) in [5.41, 5.74) is 5.41. The van der Waals surface area contributed by atoms with Crippen LogP contribution in [0, 0.1) is 27.7 Å². The molecule has 2 aromatic heterocycles. The average molecular weight is 298 g/mol. The summed E-state index contributed by atoms with van der Waals surface area (Å²) < 4.78 is 0. The SMILES string of the molecule is Cc1cc(C)c(-c2ccc(-c3sc(C)cc3C)cc2)s1. The fourth-order valence-corrected chi connectivity index (χ4v) is 4.69. The lowest BCUT2D eigenvalue weighted by Crippen LogP contribution is -1.78. The number of aryl methyl sites for hydroxylation is 4. The van der Waals surface area contributed by atoms with Crippen LogP contribution in [-0.2, 0) is 0 Å². The molecule has 20 heavy (non-hydrogen) atoms. The summed E-state index contributed by atoms with van der Waals surface area (Å²) in [6, 6.07) is 13.5. The quantitative estimate of drug-likeness (QED) is 0.515. The smallest absolute Gasteiger partial charge is 0.0374 e. The number of rotatable bonds is 2. The number of benzene rings is 1. The van der Waals surface area contributed by atoms with Crippen LogP contribution in [0.25, 0.3) is 20.9 Å². The summed E-state index contributed by atoms with van der Waals surface area (Å²) >= 11 is 3.76. The van der Waals surface area contributed by atoms with E-state index in [1.165, 1.54) is 41.8 Å². The van der Waals surface area contributed by atoms with Crippen molar-refractivity contribution < 1.29 is 0 Å². The fraction of sp³-hybridized carbons (Fsp3) is 0.222. The van der Waals surface area contributed by atoms with Crippen molar-refractivity contribution in [1.82, 2.24) is 0 Å². The van der Waals surface area contributed by atoms with Gasteiger partial charge in [0, 0.05) is 19.5 Å². The van der Waals surface area contributed by atoms with Gasteiger partial charge in [-0.15, -0.1) is 22.7 Å². The lowest BCUT2D eigenvalue weighted by Gasteiger charge is -2.03. The van der Waals surface area contributed by atoms with Crippen LogP contribution in [0.3, 0.4) is 0 Å². The van der Waals surface area contributed by atoms with Crippen LogP contribution < -0.4 is 0 Å². The fourth-order valence-electron chi connectivity index (χ4n) is 2.63. The molecule has 0 N–H and O–H groups in total. The molecule has 0 unspecified atom stereocenters. The molecule has 102 valence electrons. The first-order valence-electron chi connectivity index (χ1n) is 6.79. The van der Waals surface area contributed by atoms with E-state index < -0.39 is 0 Å². The van der Waals surface area contributed by atoms with Gasteiger partial charge in [0.1, 0.15) is 0 Å². The van der Waals surface area contributed by atoms with Gasteiger partial charge in [-0.25, -0.2) is 0 Å². The van der Waals surface area contributed by atoms with Crippen LogP contribution in [0.2, 0.25) is 0 Å². The van der Waals surface area contributed by atoms with Crippen molar-refractivity contribution in [3.63, 3.8) is 0 Å². The van der Waals surface area contributed by atoms with Crippen LogP contribution in [0.1, 0.15) is 20.9 Å². The van der Waals surface area contributed by atoms with Gasteiger partial charge in [-0.3, -0.25) is 0 Å². The lowest BCUT2D eigenvalue weighted by molar-refractivity contribution is 1.49. The van der Waals surface area contributed by atoms with Gasteiger partial charge < -0.3 is 0 Å². The molecule has 0 saturated heterocycles. The third-order valence-corrected chi connectivity index (χ3v) is 5.89. The minimum absolute atomic E-state index is 1.33. The highest BCUT2D eigenvalue weighted by atomic mass is 32.1. The van der Waals surface area contributed by atoms with Crippen molar-refractivity contribution in [2.24, 2.45) is 0 Å². The number of hydrogen-bond donors (Lipinski definition) is 0. The molecule has 0 bridgehead atoms. The van der Waals surface area contributed by atoms with Crippen molar-refractivity contribution >= 4 is 22.7 Å². The Hall–Kier alpha value is -1.38. The zero-order chi connectivity index (χ0) is 14.3. The van der Waals surface area contributed by atoms with Crippen LogP contribution in [0.15, 0.2) is 36.4 Å². The van der Waals surface area contributed by atoms with E-state index in [0.29, 0.717) is 0 Å². The van der Waals surface area contributed by atoms with Gasteiger partial charge in [-0.05, 0) is 62.1 Å². The molecule has 1 aromatic carbocycles. The molecule has 2 heteroatoms. The third kappa shape index (κ3) is 2.46. The first-order chi connectivity index (χ1) is 9.54. The molecule has 0 atom stereocenters. The first kappa shape index (κ1) is 13.6. The van der Waals surface area contributed by atoms with E-state index in [9.17, 15) is 0 Å². The highest BCUT2D eigenvalue weighted by molar-refractivity contribution is 7.16. The maximum Gasteiger partial charge on any atom is 0.0374 e. The second-order valence-corrected chi connectivity index (χ2v) is 7.83. The van der Waals surface area contributed by atoms with Crippen LogP contribution in [-0.4, -0.2) is 0 Å². The zero-order valence-electron chi connectivity index (χ0n) is 12.3. The van der Waals surface area contributed by atoms with E-state index in [4.69, 9.17) is 0 Å². The Morgan fingerprint density at radius 2 is 0.950 bits per heavy atom. The molecule has 0 aliphatic rings. The van der Waals surface area contributed by atoms with Gasteiger partial charge in [0.15, 0.2) is 0 Å². The molecular formula is C18H18S2. The van der Waals surface area contributed by atoms with Crippen molar-refractivity contribution in [1.29, 1.82) is 0 Å². The van der Waals surface area contributed by atoms with E-state index in [2.05, 4.69) is 64.1 Å². The Morgan fingerprint density at radius 1 is 0.600 bits per heavy atom. The Labute approximate surface area is 128 Å². The average Bonchev–Trinajstić information content (AvgIpc) is 2.92. The van der Waals surface area contributed by atoms with Crippen molar-refractivity contribution in [2.45, 2.75) is 27.7 Å². The summed E-state index contributed by atoms with van der Waals surface area (Å²) in [7, 11) is 0. The van der Waals surface area contributed by atoms with Gasteiger partial charge in [0.2, 0.25) is 0 Å². The Morgan fingerprint density at radius 3 is 1.20 bits per heavy atom. The van der Waals surface area contributed by atoms with E-state index in [0.717, 1.165) is 0 Å². The van der Waals surface area contributed by atoms with Crippen molar-refractivity contribution in [2.75, 3.05) is 0 Å². The molecule has 0 saturated carbocycles. The maximum absolute atomic E-state index is 2.26. The third-order valence-electron chi connectivity index (χ3n) is 3.49. The van der Waals surface area contributed by atoms with Gasteiger partial charge >= 0.3 is 0 Å². The summed E-state index contributed by atoms with van der Waals surface area (Å²) in [5, 5.41) is 0. The second kappa shape index (κ2) is 5.19. The maximum atomic E-state index is 2.26. The summed E-state index contributed by atoms with van der Waals surface area (Å²) in [5.74, 6) is 0. The molecule has 0 aliphatic heterocycles. The minimum atomic E-state index is 1.33. The van der Waals surface area contributed by atoms with E-state index in [1.54, 1.807) is 0 Å². The first-order valence-corrected chi connectivity index (χ1v) is 8.43. The second-order valence-electron chi connectivity index (χ2n) is 5.32. The Bertz CT molecular complexity index is 677. The van der Waals surface area contributed by atoms with Gasteiger partial charge in [0.05, 0.1) is 0 Å². The molecule has 0 aliphatic carbocycles. The molecule has 0 fully saturated rings. The molecule has 0 spiro atoms. The predicted molar refractivity (Wildman–Crippen MR) is 92.0 cm³/mol. The van der Waals surface area contributed by atoms with Gasteiger partial charge in [0.25, 0.3) is 0 Å². The van der Waals surface area contributed by atoms with E-state index >= 15 is 0 Å². The predicted octanol–water partition coefficient (Wildman–Crippen LogP) is 6.38. The van der Waals surface area contributed by atoms with Crippen LogP contribution >= 0.6 is 22.7 Å². The Balaban J connectivity index is 1.99. The van der Waals surface area contributed by atoms with E-state index in [-0.39, 0.29) is 0 Å². The number of thiophene rings is 2. The molecule has 3 rings (SSSR count). The summed E-state index contributed by atoms with van der Waals surface area (Å²) in [6.07, 6.45) is 0. The van der Waals surface area contributed by atoms with Crippen LogP contribution in [0.5, 0.6) is 0 Å². The summed E-state index contributed by atoms with van der Waals surface area (Å²) in [4.78, 5) is 5.55. The Kier molecular flexibility index (Phi) is 3.53. The largest absolute Gasteiger partial charge is 0.140 e. The molecule has 0 radical (unpaired) electrons. The normalized spacial score (nSPS) is 11.0. The van der Waals surface area contributed by atoms with E-state index in [1.807, 2.05) is 22.7 Å². The van der Waals surface area contributed by atoms with Crippen molar-refractivity contribution in [3.8, 4) is 20.9 Å². The minimum Gasteiger partial charge on any atom is -0.140 e. The van der Waals surface area contributed by atoms with Gasteiger partial charge in [-0.1, -0.05) is 24.3 Å². The highest BCUT2D eigenvalue weighted by Gasteiger charge is 2.08. The zero-order valence-corrected chi connectivity index (χ0v) is 13.9. The molecule has 2 heterocycles. The van der Waals surface area contributed by atoms with Crippen LogP contribution in [0.4, 0.5) is 0 Å². The lowest BCUT2D eigenvalue weighted by atomic mass is 10.1. The van der Waals surface area contributed by atoms with Crippen molar-refractivity contribution in [3.05, 3.63) is 57.3 Å². The summed E-state index contributed by atoms with van der Waals surface area (Å²) in [6.45, 7) is 8.74. The molecule has 3 aromatic rings. The monoisotopic (exact) mass is 298 g/mol. The van der Waals surface area contributed by atoms with Gasteiger partial charge in [-0.2, -0.15) is 0 Å². The molecule has 0 nitrogen and oxygen atoms in total. The topological polar surface area (TPSA) is 0 Å².